The second-order valence-corrected chi connectivity index (χ2v) is 8.55. The van der Waals surface area contributed by atoms with Gasteiger partial charge in [0.05, 0.1) is 7.11 Å². The monoisotopic (exact) mass is 427 g/mol. The minimum atomic E-state index is 0.0546. The molecule has 0 unspecified atom stereocenters. The van der Waals surface area contributed by atoms with Gasteiger partial charge in [0.1, 0.15) is 5.75 Å². The Hall–Kier alpha value is -2.61. The third-order valence-corrected chi connectivity index (χ3v) is 6.53. The molecule has 2 fully saturated rings. The lowest BCUT2D eigenvalue weighted by Crippen LogP contribution is -2.45. The van der Waals surface area contributed by atoms with Crippen molar-refractivity contribution in [1.82, 2.24) is 20.4 Å². The molecular formula is C23H33N5O3. The number of carbonyl (C=O) groups excluding carboxylic acids is 1. The van der Waals surface area contributed by atoms with Crippen molar-refractivity contribution in [2.45, 2.75) is 45.1 Å². The molecule has 2 aliphatic heterocycles. The predicted octanol–water partition coefficient (Wildman–Crippen LogP) is 2.95. The third-order valence-electron chi connectivity index (χ3n) is 6.53. The first-order chi connectivity index (χ1) is 15.1. The number of amides is 1. The normalized spacial score (nSPS) is 20.6. The van der Waals surface area contributed by atoms with E-state index in [1.165, 1.54) is 19.3 Å². The number of benzene rings is 1. The van der Waals surface area contributed by atoms with Crippen LogP contribution in [-0.4, -0.2) is 66.9 Å². The Labute approximate surface area is 183 Å². The molecule has 2 aromatic rings. The molecule has 1 aromatic heterocycles. The Bertz CT molecular complexity index is 845. The number of hydrogen-bond donors (Lipinski definition) is 1. The van der Waals surface area contributed by atoms with Crippen molar-refractivity contribution in [3.8, 4) is 17.2 Å². The van der Waals surface area contributed by atoms with E-state index in [0.717, 1.165) is 56.9 Å². The fourth-order valence-electron chi connectivity index (χ4n) is 4.48. The Balaban J connectivity index is 1.23. The van der Waals surface area contributed by atoms with Gasteiger partial charge in [0.25, 0.3) is 0 Å². The molecule has 1 atom stereocenters. The Morgan fingerprint density at radius 1 is 1.13 bits per heavy atom. The van der Waals surface area contributed by atoms with E-state index in [1.54, 1.807) is 7.11 Å². The van der Waals surface area contributed by atoms with Crippen molar-refractivity contribution in [2.75, 3.05) is 44.7 Å². The average molecular weight is 428 g/mol. The molecule has 0 bridgehead atoms. The van der Waals surface area contributed by atoms with Gasteiger partial charge in [-0.15, -0.1) is 5.10 Å². The topological polar surface area (TPSA) is 83.7 Å². The van der Waals surface area contributed by atoms with Gasteiger partial charge >= 0.3 is 6.01 Å². The molecule has 4 rings (SSSR count). The highest BCUT2D eigenvalue weighted by Gasteiger charge is 2.27. The standard InChI is InChI=1S/C23H33N5O3/c1-17-5-3-4-13-27(17)16-12-24-21(29)18-10-14-28(15-11-18)23-26-25-22(31-23)19-6-8-20(30-2)9-7-19/h6-9,17-18H,3-5,10-16H2,1-2H3,(H,24,29)/t17-/m0/s1. The van der Waals surface area contributed by atoms with Crippen LogP contribution < -0.4 is 15.0 Å². The van der Waals surface area contributed by atoms with Gasteiger partial charge in [0.2, 0.25) is 11.8 Å². The molecular weight excluding hydrogens is 394 g/mol. The van der Waals surface area contributed by atoms with Crippen molar-refractivity contribution < 1.29 is 13.9 Å². The lowest BCUT2D eigenvalue weighted by molar-refractivity contribution is -0.125. The summed E-state index contributed by atoms with van der Waals surface area (Å²) in [5, 5.41) is 11.5. The van der Waals surface area contributed by atoms with E-state index >= 15 is 0 Å². The summed E-state index contributed by atoms with van der Waals surface area (Å²) in [5.74, 6) is 1.51. The molecule has 1 aromatic carbocycles. The quantitative estimate of drug-likeness (QED) is 0.727. The lowest BCUT2D eigenvalue weighted by Gasteiger charge is -2.33. The maximum absolute atomic E-state index is 12.6. The Morgan fingerprint density at radius 3 is 2.61 bits per heavy atom. The van der Waals surface area contributed by atoms with Crippen LogP contribution in [0.1, 0.15) is 39.0 Å². The number of aromatic nitrogens is 2. The predicted molar refractivity (Wildman–Crippen MR) is 119 cm³/mol. The van der Waals surface area contributed by atoms with Crippen LogP contribution in [0.2, 0.25) is 0 Å². The van der Waals surface area contributed by atoms with Crippen molar-refractivity contribution in [2.24, 2.45) is 5.92 Å². The number of piperidine rings is 2. The summed E-state index contributed by atoms with van der Waals surface area (Å²) in [7, 11) is 1.64. The molecule has 8 heteroatoms. The molecule has 0 aliphatic carbocycles. The summed E-state index contributed by atoms with van der Waals surface area (Å²) in [6.07, 6.45) is 5.46. The number of anilines is 1. The fourth-order valence-corrected chi connectivity index (χ4v) is 4.48. The average Bonchev–Trinajstić information content (AvgIpc) is 3.31. The number of likely N-dealkylation sites (tertiary alicyclic amines) is 1. The summed E-state index contributed by atoms with van der Waals surface area (Å²) in [5.41, 5.74) is 0.858. The van der Waals surface area contributed by atoms with E-state index in [0.29, 0.717) is 17.9 Å². The highest BCUT2D eigenvalue weighted by atomic mass is 16.5. The summed E-state index contributed by atoms with van der Waals surface area (Å²) in [4.78, 5) is 17.2. The van der Waals surface area contributed by atoms with Crippen LogP contribution in [0.3, 0.4) is 0 Å². The van der Waals surface area contributed by atoms with Gasteiger partial charge < -0.3 is 19.4 Å². The van der Waals surface area contributed by atoms with Gasteiger partial charge in [0, 0.05) is 43.7 Å². The molecule has 168 valence electrons. The molecule has 8 nitrogen and oxygen atoms in total. The zero-order chi connectivity index (χ0) is 21.6. The highest BCUT2D eigenvalue weighted by molar-refractivity contribution is 5.78. The van der Waals surface area contributed by atoms with Crippen LogP contribution in [0, 0.1) is 5.92 Å². The number of rotatable bonds is 7. The second-order valence-electron chi connectivity index (χ2n) is 8.55. The number of methoxy groups -OCH3 is 1. The summed E-state index contributed by atoms with van der Waals surface area (Å²) in [6.45, 7) is 6.60. The molecule has 2 saturated heterocycles. The molecule has 31 heavy (non-hydrogen) atoms. The summed E-state index contributed by atoms with van der Waals surface area (Å²) in [6, 6.07) is 8.69. The number of carbonyl (C=O) groups is 1. The maximum atomic E-state index is 12.6. The SMILES string of the molecule is COc1ccc(-c2nnc(N3CCC(C(=O)NCCN4CCCC[C@@H]4C)CC3)o2)cc1. The molecule has 0 radical (unpaired) electrons. The highest BCUT2D eigenvalue weighted by Crippen LogP contribution is 2.27. The minimum Gasteiger partial charge on any atom is -0.497 e. The van der Waals surface area contributed by atoms with E-state index in [2.05, 4.69) is 32.2 Å². The number of hydrogen-bond acceptors (Lipinski definition) is 7. The number of nitrogens with one attached hydrogen (secondary N) is 1. The summed E-state index contributed by atoms with van der Waals surface area (Å²) >= 11 is 0. The molecule has 1 amide bonds. The third kappa shape index (κ3) is 5.36. The zero-order valence-electron chi connectivity index (χ0n) is 18.5. The van der Waals surface area contributed by atoms with Gasteiger partial charge in [0.15, 0.2) is 0 Å². The number of ether oxygens (including phenoxy) is 1. The molecule has 2 aliphatic rings. The van der Waals surface area contributed by atoms with E-state index in [4.69, 9.17) is 9.15 Å². The van der Waals surface area contributed by atoms with Gasteiger partial charge in [-0.25, -0.2) is 0 Å². The van der Waals surface area contributed by atoms with E-state index in [1.807, 2.05) is 24.3 Å². The molecule has 1 N–H and O–H groups in total. The fraction of sp³-hybridized carbons (Fsp3) is 0.609. The van der Waals surface area contributed by atoms with Crippen LogP contribution in [-0.2, 0) is 4.79 Å². The largest absolute Gasteiger partial charge is 0.497 e. The minimum absolute atomic E-state index is 0.0546. The molecule has 3 heterocycles. The number of nitrogens with zero attached hydrogens (tertiary/aromatic N) is 4. The van der Waals surface area contributed by atoms with Crippen molar-refractivity contribution >= 4 is 11.9 Å². The van der Waals surface area contributed by atoms with Crippen molar-refractivity contribution in [3.05, 3.63) is 24.3 Å². The first-order valence-electron chi connectivity index (χ1n) is 11.4. The van der Waals surface area contributed by atoms with Crippen LogP contribution in [0.4, 0.5) is 6.01 Å². The van der Waals surface area contributed by atoms with E-state index in [9.17, 15) is 4.79 Å². The van der Waals surface area contributed by atoms with Crippen LogP contribution in [0.15, 0.2) is 28.7 Å². The van der Waals surface area contributed by atoms with Gasteiger partial charge in [-0.2, -0.15) is 0 Å². The van der Waals surface area contributed by atoms with E-state index < -0.39 is 0 Å². The Morgan fingerprint density at radius 2 is 1.90 bits per heavy atom. The Kier molecular flexibility index (Phi) is 7.06. The first-order valence-corrected chi connectivity index (χ1v) is 11.4. The van der Waals surface area contributed by atoms with Crippen molar-refractivity contribution in [1.29, 1.82) is 0 Å². The van der Waals surface area contributed by atoms with E-state index in [-0.39, 0.29) is 11.8 Å². The summed E-state index contributed by atoms with van der Waals surface area (Å²) < 4.78 is 11.1. The molecule has 0 spiro atoms. The first kappa shape index (κ1) is 21.6. The van der Waals surface area contributed by atoms with Gasteiger partial charge in [-0.05, 0) is 63.4 Å². The smallest absolute Gasteiger partial charge is 0.318 e. The lowest BCUT2D eigenvalue weighted by atomic mass is 9.96. The van der Waals surface area contributed by atoms with Crippen LogP contribution >= 0.6 is 0 Å². The zero-order valence-corrected chi connectivity index (χ0v) is 18.5. The van der Waals surface area contributed by atoms with Gasteiger partial charge in [-0.1, -0.05) is 11.5 Å². The van der Waals surface area contributed by atoms with Crippen LogP contribution in [0.5, 0.6) is 5.75 Å². The maximum Gasteiger partial charge on any atom is 0.318 e. The molecule has 0 saturated carbocycles. The van der Waals surface area contributed by atoms with Crippen molar-refractivity contribution in [3.63, 3.8) is 0 Å². The van der Waals surface area contributed by atoms with Gasteiger partial charge in [-0.3, -0.25) is 9.69 Å². The second kappa shape index (κ2) is 10.1. The van der Waals surface area contributed by atoms with Crippen LogP contribution in [0.25, 0.3) is 11.5 Å².